The summed E-state index contributed by atoms with van der Waals surface area (Å²) in [6, 6.07) is 23.2. The number of ether oxygens (including phenoxy) is 5. The number of benzene rings is 4. The summed E-state index contributed by atoms with van der Waals surface area (Å²) in [7, 11) is 3.00. The zero-order valence-corrected chi connectivity index (χ0v) is 27.0. The maximum Gasteiger partial charge on any atom is 0.338 e. The quantitative estimate of drug-likeness (QED) is 0.102. The van der Waals surface area contributed by atoms with Crippen molar-refractivity contribution in [3.05, 3.63) is 107 Å². The first-order valence-electron chi connectivity index (χ1n) is 15.2. The van der Waals surface area contributed by atoms with Crippen LogP contribution < -0.4 is 35.0 Å². The van der Waals surface area contributed by atoms with Crippen LogP contribution in [0.5, 0.6) is 23.0 Å². The second-order valence-corrected chi connectivity index (χ2v) is 10.6. The molecule has 248 valence electrons. The van der Waals surface area contributed by atoms with Crippen molar-refractivity contribution in [1.29, 1.82) is 0 Å². The average molecular weight is 653 g/mol. The van der Waals surface area contributed by atoms with E-state index in [9.17, 15) is 14.4 Å². The first-order chi connectivity index (χ1) is 23.3. The zero-order valence-electron chi connectivity index (χ0n) is 27.0. The van der Waals surface area contributed by atoms with E-state index in [0.29, 0.717) is 40.7 Å². The van der Waals surface area contributed by atoms with Gasteiger partial charge in [0.05, 0.1) is 38.7 Å². The fraction of sp³-hybridized carbons (Fsp3) is 0.222. The van der Waals surface area contributed by atoms with Crippen molar-refractivity contribution in [3.8, 4) is 23.0 Å². The molecule has 0 aliphatic carbocycles. The third-order valence-corrected chi connectivity index (χ3v) is 7.50. The van der Waals surface area contributed by atoms with E-state index >= 15 is 0 Å². The van der Waals surface area contributed by atoms with Gasteiger partial charge in [-0.15, -0.1) is 0 Å². The topological polar surface area (TPSA) is 146 Å². The molecular formula is C36H36N4O8. The number of fused-ring (bicyclic) bond motifs is 1. The van der Waals surface area contributed by atoms with Gasteiger partial charge in [-0.25, -0.2) is 15.0 Å². The van der Waals surface area contributed by atoms with Crippen LogP contribution in [0.1, 0.15) is 36.6 Å². The molecule has 0 radical (unpaired) electrons. The van der Waals surface area contributed by atoms with Crippen LogP contribution in [0.4, 0.5) is 4.79 Å². The molecule has 1 heterocycles. The van der Waals surface area contributed by atoms with Gasteiger partial charge in [0, 0.05) is 5.70 Å². The zero-order chi connectivity index (χ0) is 34.0. The molecule has 12 nitrogen and oxygen atoms in total. The van der Waals surface area contributed by atoms with Crippen LogP contribution in [0.15, 0.2) is 95.2 Å². The highest BCUT2D eigenvalue weighted by Crippen LogP contribution is 2.35. The van der Waals surface area contributed by atoms with Crippen LogP contribution in [0, 0.1) is 0 Å². The van der Waals surface area contributed by atoms with Gasteiger partial charge in [-0.2, -0.15) is 5.10 Å². The highest BCUT2D eigenvalue weighted by molar-refractivity contribution is 5.95. The molecule has 3 N–H and O–H groups in total. The SMILES string of the molecule is CCOC(=O)C1=C(C)NC(=O)N[C@H]1c1ccc(OCC(=O)N/N=C\c2ccc(OCc3cccc4ccccc34)c(OC)c2)c(OC)c1. The minimum Gasteiger partial charge on any atom is -0.493 e. The highest BCUT2D eigenvalue weighted by atomic mass is 16.5. The van der Waals surface area contributed by atoms with Crippen LogP contribution in [-0.2, 0) is 20.9 Å². The molecule has 4 aromatic rings. The lowest BCUT2D eigenvalue weighted by Gasteiger charge is -2.28. The highest BCUT2D eigenvalue weighted by Gasteiger charge is 2.32. The van der Waals surface area contributed by atoms with E-state index in [1.54, 1.807) is 57.4 Å². The van der Waals surface area contributed by atoms with Gasteiger partial charge in [-0.05, 0) is 71.6 Å². The van der Waals surface area contributed by atoms with Crippen LogP contribution in [0.25, 0.3) is 10.8 Å². The molecule has 1 aliphatic rings. The molecule has 0 fully saturated rings. The van der Waals surface area contributed by atoms with Gasteiger partial charge in [-0.1, -0.05) is 48.5 Å². The number of rotatable bonds is 13. The minimum atomic E-state index is -0.776. The van der Waals surface area contributed by atoms with Gasteiger partial charge < -0.3 is 34.3 Å². The molecular weight excluding hydrogens is 616 g/mol. The van der Waals surface area contributed by atoms with Crippen molar-refractivity contribution in [1.82, 2.24) is 16.1 Å². The Morgan fingerprint density at radius 1 is 0.896 bits per heavy atom. The van der Waals surface area contributed by atoms with E-state index in [4.69, 9.17) is 23.7 Å². The van der Waals surface area contributed by atoms with Crippen molar-refractivity contribution < 1.29 is 38.1 Å². The van der Waals surface area contributed by atoms with Gasteiger partial charge in [-0.3, -0.25) is 4.79 Å². The predicted octanol–water partition coefficient (Wildman–Crippen LogP) is 5.16. The van der Waals surface area contributed by atoms with E-state index < -0.39 is 23.9 Å². The molecule has 0 unspecified atom stereocenters. The molecule has 4 aromatic carbocycles. The van der Waals surface area contributed by atoms with Crippen LogP contribution in [0.2, 0.25) is 0 Å². The molecule has 0 saturated carbocycles. The lowest BCUT2D eigenvalue weighted by atomic mass is 9.95. The second-order valence-electron chi connectivity index (χ2n) is 10.6. The number of hydrogen-bond donors (Lipinski definition) is 3. The lowest BCUT2D eigenvalue weighted by molar-refractivity contribution is -0.139. The maximum atomic E-state index is 12.6. The summed E-state index contributed by atoms with van der Waals surface area (Å²) in [5, 5.41) is 11.6. The molecule has 0 spiro atoms. The van der Waals surface area contributed by atoms with Crippen LogP contribution in [-0.4, -0.2) is 51.6 Å². The molecule has 1 atom stereocenters. The predicted molar refractivity (Wildman–Crippen MR) is 179 cm³/mol. The molecule has 0 saturated heterocycles. The van der Waals surface area contributed by atoms with Gasteiger partial charge >= 0.3 is 12.0 Å². The number of allylic oxidation sites excluding steroid dienone is 1. The maximum absolute atomic E-state index is 12.6. The number of esters is 1. The summed E-state index contributed by atoms with van der Waals surface area (Å²) in [5.41, 5.74) is 5.40. The van der Waals surface area contributed by atoms with Crippen LogP contribution in [0.3, 0.4) is 0 Å². The monoisotopic (exact) mass is 652 g/mol. The molecule has 12 heteroatoms. The van der Waals surface area contributed by atoms with E-state index in [1.807, 2.05) is 24.3 Å². The van der Waals surface area contributed by atoms with Crippen LogP contribution >= 0.6 is 0 Å². The number of hydrazone groups is 1. The fourth-order valence-electron chi connectivity index (χ4n) is 5.22. The van der Waals surface area contributed by atoms with E-state index in [2.05, 4.69) is 39.4 Å². The first kappa shape index (κ1) is 33.3. The Labute approximate surface area is 277 Å². The van der Waals surface area contributed by atoms with E-state index in [-0.39, 0.29) is 24.5 Å². The number of amides is 3. The largest absolute Gasteiger partial charge is 0.493 e. The van der Waals surface area contributed by atoms with Crippen molar-refractivity contribution in [2.75, 3.05) is 27.4 Å². The van der Waals surface area contributed by atoms with Crippen molar-refractivity contribution >= 4 is 34.9 Å². The number of nitrogens with one attached hydrogen (secondary N) is 3. The number of hydrogen-bond acceptors (Lipinski definition) is 9. The number of carbonyl (C=O) groups is 3. The summed E-state index contributed by atoms with van der Waals surface area (Å²) in [6.07, 6.45) is 1.48. The van der Waals surface area contributed by atoms with E-state index in [0.717, 1.165) is 16.3 Å². The Balaban J connectivity index is 1.18. The number of nitrogens with zero attached hydrogens (tertiary/aromatic N) is 1. The number of urea groups is 1. The molecule has 3 amide bonds. The second kappa shape index (κ2) is 15.5. The van der Waals surface area contributed by atoms with Gasteiger partial charge in [0.1, 0.15) is 6.61 Å². The molecule has 0 bridgehead atoms. The summed E-state index contributed by atoms with van der Waals surface area (Å²) < 4.78 is 27.9. The third-order valence-electron chi connectivity index (χ3n) is 7.50. The number of carbonyl (C=O) groups excluding carboxylic acids is 3. The van der Waals surface area contributed by atoms with E-state index in [1.165, 1.54) is 13.3 Å². The Morgan fingerprint density at radius 2 is 1.62 bits per heavy atom. The molecule has 0 aromatic heterocycles. The average Bonchev–Trinajstić information content (AvgIpc) is 3.09. The summed E-state index contributed by atoms with van der Waals surface area (Å²) >= 11 is 0. The van der Waals surface area contributed by atoms with Crippen molar-refractivity contribution in [3.63, 3.8) is 0 Å². The smallest absolute Gasteiger partial charge is 0.338 e. The Kier molecular flexibility index (Phi) is 10.8. The first-order valence-corrected chi connectivity index (χ1v) is 15.2. The third kappa shape index (κ3) is 7.84. The van der Waals surface area contributed by atoms with Gasteiger partial charge in [0.2, 0.25) is 0 Å². The Morgan fingerprint density at radius 3 is 2.42 bits per heavy atom. The standard InChI is InChI=1S/C36H36N4O8/c1-5-46-35(42)33-22(2)38-36(43)39-34(33)25-14-16-29(31(18-25)45-4)48-21-32(41)40-37-19-23-13-15-28(30(17-23)44-3)47-20-26-11-8-10-24-9-6-7-12-27(24)26/h6-19,34H,5,20-21H2,1-4H3,(H,40,41)(H2,38,39,43)/b37-19-/t34-/m0/s1. The number of methoxy groups -OCH3 is 2. The minimum absolute atomic E-state index is 0.182. The van der Waals surface area contributed by atoms with Gasteiger partial charge in [0.15, 0.2) is 29.6 Å². The summed E-state index contributed by atoms with van der Waals surface area (Å²) in [6.45, 7) is 3.53. The van der Waals surface area contributed by atoms with Crippen molar-refractivity contribution in [2.24, 2.45) is 5.10 Å². The summed E-state index contributed by atoms with van der Waals surface area (Å²) in [4.78, 5) is 37.3. The molecule has 1 aliphatic heterocycles. The molecule has 5 rings (SSSR count). The fourth-order valence-corrected chi connectivity index (χ4v) is 5.22. The lowest BCUT2D eigenvalue weighted by Crippen LogP contribution is -2.45. The normalized spacial score (nSPS) is 14.2. The summed E-state index contributed by atoms with van der Waals surface area (Å²) in [5.74, 6) is 0.617. The van der Waals surface area contributed by atoms with Crippen molar-refractivity contribution in [2.45, 2.75) is 26.5 Å². The molecule has 48 heavy (non-hydrogen) atoms. The Hall–Kier alpha value is -6.04. The Bertz CT molecular complexity index is 1880. The van der Waals surface area contributed by atoms with Gasteiger partial charge in [0.25, 0.3) is 5.91 Å².